The summed E-state index contributed by atoms with van der Waals surface area (Å²) in [5, 5.41) is -6.23. The van der Waals surface area contributed by atoms with Crippen LogP contribution in [0.1, 0.15) is 164 Å². The van der Waals surface area contributed by atoms with Gasteiger partial charge in [-0.15, -0.1) is 0 Å². The molecule has 0 N–H and O–H groups in total. The molecule has 0 rings (SSSR count). The lowest BCUT2D eigenvalue weighted by atomic mass is 9.90. The Morgan fingerprint density at radius 2 is 0.571 bits per heavy atom. The summed E-state index contributed by atoms with van der Waals surface area (Å²) in [6.07, 6.45) is -4.73. The number of rotatable bonds is 28. The summed E-state index contributed by atoms with van der Waals surface area (Å²) in [7, 11) is -61.9. The number of alkyl halides is 14. The molecule has 36 nitrogen and oxygen atoms in total. The van der Waals surface area contributed by atoms with Crippen molar-refractivity contribution in [3.63, 3.8) is 0 Å². The van der Waals surface area contributed by atoms with E-state index in [2.05, 4.69) is 18.1 Å². The highest BCUT2D eigenvalue weighted by Gasteiger charge is 2.67. The van der Waals surface area contributed by atoms with Crippen molar-refractivity contribution >= 4 is 116 Å². The highest BCUT2D eigenvalue weighted by molar-refractivity contribution is 8.24. The molecule has 0 aromatic heterocycles. The maximum absolute atomic E-state index is 12.2. The first-order valence-corrected chi connectivity index (χ1v) is 52.4. The third-order valence-electron chi connectivity index (χ3n) is 9.74. The van der Waals surface area contributed by atoms with Crippen LogP contribution in [-0.4, -0.2) is 187 Å². The molecule has 0 amide bonds. The van der Waals surface area contributed by atoms with Gasteiger partial charge in [0.05, 0.1) is 57.7 Å². The number of nitrogens with zero attached hydrogens (tertiary/aromatic N) is 2. The molecule has 0 heterocycles. The van der Waals surface area contributed by atoms with Crippen LogP contribution in [-0.2, 0) is 133 Å². The average Bonchev–Trinajstić information content (AvgIpc) is 0.737. The molecule has 0 spiro atoms. The fourth-order valence-electron chi connectivity index (χ4n) is 6.62. The van der Waals surface area contributed by atoms with Gasteiger partial charge in [0.1, 0.15) is 0 Å². The van der Waals surface area contributed by atoms with Crippen molar-refractivity contribution < 1.29 is 213 Å². The number of phosphoric acid groups is 4. The number of hydrogen-bond acceptors (Lipinski definition) is 34. The Labute approximate surface area is 647 Å². The summed E-state index contributed by atoms with van der Waals surface area (Å²) < 4.78 is 410. The van der Waals surface area contributed by atoms with Gasteiger partial charge in [0.2, 0.25) is 0 Å². The Morgan fingerprint density at radius 1 is 0.366 bits per heavy atom. The Morgan fingerprint density at radius 3 is 0.679 bits per heavy atom. The zero-order valence-corrected chi connectivity index (χ0v) is 76.7. The molecule has 0 bridgehead atoms. The molecule has 0 saturated carbocycles. The van der Waals surface area contributed by atoms with Gasteiger partial charge in [-0.2, -0.15) is 61.5 Å². The molecule has 0 fully saturated rings. The summed E-state index contributed by atoms with van der Waals surface area (Å²) in [5.41, 5.74) is -18.5. The Hall–Kier alpha value is -0.590. The van der Waals surface area contributed by atoms with Gasteiger partial charge < -0.3 is 82.9 Å². The molecule has 0 aliphatic rings. The van der Waals surface area contributed by atoms with Crippen molar-refractivity contribution in [2.45, 2.75) is 220 Å². The first-order chi connectivity index (χ1) is 47.8. The largest absolute Gasteiger partial charge is 0.800 e. The normalized spacial score (nSPS) is 16.0. The predicted octanol–water partition coefficient (Wildman–Crippen LogP) is 10.3. The Balaban J connectivity index is -0.000000157. The van der Waals surface area contributed by atoms with Crippen molar-refractivity contribution in [2.75, 3.05) is 71.9 Å². The average molecular weight is 1940 g/mol. The molecule has 0 aliphatic heterocycles. The number of sulfonamides is 4. The lowest BCUT2D eigenvalue weighted by Crippen LogP contribution is -2.48. The van der Waals surface area contributed by atoms with Gasteiger partial charge in [-0.25, -0.2) is 58.9 Å². The molecular formula is C49H102F14N2O34P6S7-8. The van der Waals surface area contributed by atoms with Crippen LogP contribution >= 0.6 is 46.0 Å². The second kappa shape index (κ2) is 48.9. The summed E-state index contributed by atoms with van der Waals surface area (Å²) in [5.74, 6) is 0. The molecule has 4 unspecified atom stereocenters. The van der Waals surface area contributed by atoms with E-state index in [-0.39, 0.29) is 78.1 Å². The molecule has 0 aromatic rings. The van der Waals surface area contributed by atoms with E-state index in [1.54, 1.807) is 59.5 Å². The number of hydrogen-bond donors (Lipinski definition) is 0. The fraction of sp³-hybridized carbons (Fsp3) is 1.00. The highest BCUT2D eigenvalue weighted by Crippen LogP contribution is 2.48. The van der Waals surface area contributed by atoms with Gasteiger partial charge in [0, 0.05) is 47.7 Å². The Kier molecular flexibility index (Phi) is 56.5. The zero-order valence-electron chi connectivity index (χ0n) is 65.7. The SMILES string of the molecule is CC(CC(C)(C)C)OP(=O)([O-])OC(C)CC(C)(C)C.CC(CC(C)(C)C)OP(=O)([O-])OC(C)CC(C)(C)C.CCOP(=O)([O-])OCC.CCP(=O)([O-])CC.COP(=O)([O-])OC.CP(C)(=O)[O-].CS(=O)(=O)C(S(=O)(=O)C(F)(F)F)S(=O)(=O)C(F)(F)F.CS(=O)(=O)[N-]S(=O)(=O)C(F)(F)C(F)(F)F.CS(=O)(=O)[N-]S(=O)(=O)C(F)(F)F. The second-order valence-corrected chi connectivity index (χ2v) is 52.7. The monoisotopic (exact) mass is 1940 g/mol. The molecule has 0 aromatic carbocycles. The van der Waals surface area contributed by atoms with Crippen molar-refractivity contribution in [3.05, 3.63) is 8.25 Å². The van der Waals surface area contributed by atoms with E-state index in [9.17, 15) is 177 Å². The van der Waals surface area contributed by atoms with Gasteiger partial charge in [-0.3, -0.25) is 18.3 Å². The minimum absolute atomic E-state index is 0.0242. The van der Waals surface area contributed by atoms with Crippen LogP contribution in [0.25, 0.3) is 8.25 Å². The zero-order chi connectivity index (χ0) is 93.6. The van der Waals surface area contributed by atoms with Crippen LogP contribution in [0.3, 0.4) is 0 Å². The number of halogens is 14. The summed E-state index contributed by atoms with van der Waals surface area (Å²) in [4.78, 5) is 64.0. The maximum atomic E-state index is 12.2. The van der Waals surface area contributed by atoms with Gasteiger partial charge in [0.25, 0.3) is 54.9 Å². The van der Waals surface area contributed by atoms with Gasteiger partial charge in [-0.1, -0.05) is 96.9 Å². The first kappa shape index (κ1) is 129. The van der Waals surface area contributed by atoms with Gasteiger partial charge in [-0.05, 0) is 115 Å². The third-order valence-corrected chi connectivity index (χ3v) is 29.5. The maximum Gasteiger partial charge on any atom is 0.499 e. The number of sulfone groups is 3. The Bertz CT molecular complexity index is 3720. The molecule has 0 radical (unpaired) electrons. The van der Waals surface area contributed by atoms with E-state index in [1.807, 2.05) is 83.1 Å². The van der Waals surface area contributed by atoms with Gasteiger partial charge >= 0.3 is 28.0 Å². The molecular weight excluding hydrogens is 1840 g/mol. The minimum Gasteiger partial charge on any atom is -0.800 e. The van der Waals surface area contributed by atoms with Crippen LogP contribution < -0.4 is 29.4 Å². The minimum atomic E-state index is -7.13. The van der Waals surface area contributed by atoms with Crippen molar-refractivity contribution in [2.24, 2.45) is 21.7 Å². The summed E-state index contributed by atoms with van der Waals surface area (Å²) >= 11 is 0. The molecule has 4 atom stereocenters. The van der Waals surface area contributed by atoms with Crippen LogP contribution in [0.4, 0.5) is 61.5 Å². The molecule has 112 heavy (non-hydrogen) atoms. The van der Waals surface area contributed by atoms with Crippen molar-refractivity contribution in [1.29, 1.82) is 0 Å². The fourth-order valence-corrected chi connectivity index (χ4v) is 20.7. The third kappa shape index (κ3) is 71.2. The van der Waals surface area contributed by atoms with Gasteiger partial charge in [0.15, 0.2) is 29.9 Å². The van der Waals surface area contributed by atoms with E-state index in [0.29, 0.717) is 38.0 Å². The summed E-state index contributed by atoms with van der Waals surface area (Å²) in [6, 6.07) is 0. The van der Waals surface area contributed by atoms with Crippen LogP contribution in [0.2, 0.25) is 0 Å². The topological polar surface area (TPSA) is 582 Å². The molecule has 63 heteroatoms. The van der Waals surface area contributed by atoms with E-state index in [0.717, 1.165) is 14.2 Å². The van der Waals surface area contributed by atoms with E-state index in [4.69, 9.17) is 18.1 Å². The van der Waals surface area contributed by atoms with E-state index < -0.39 is 148 Å². The quantitative estimate of drug-likeness (QED) is 0.0519. The standard InChI is InChI=1S/2C14H31O4P.C4H4F6O6S3.C4H11O4P.C4H11O2P.C3H3F5NO4S2.C2H3F3NO4S2.C2H7O4P.C2H7O2P/c2*1-11(9-13(3,4)5)17-19(15,16)18-12(2)10-14(6,7)8;1-17(11,12)2(18(13,14)3(5,6)7)19(15,16)4(8,9)10;1-3-7-9(5,6)8-4-2;1-3-7(5,6)4-2;1-14(10,11)9-15(12,13)3(7,8)2(4,5)6;1-11(7,8)6-12(9,10)2(3,4)5;1-5-7(3,4)6-2;1-5(2,3)4/h2*11-12H,9-10H2,1-8H3,(H,15,16);2H,1H3;3-4H2,1-2H3,(H,5,6);3-4H2,1-2H3,(H,5,6);1H3;1H3;1-2H3,(H,3,4);1-2H3,(H,3,4)/q;;;;;2*-1;;/p-6. The van der Waals surface area contributed by atoms with Crippen LogP contribution in [0, 0.1) is 21.7 Å². The van der Waals surface area contributed by atoms with Crippen molar-refractivity contribution in [1.82, 2.24) is 0 Å². The lowest BCUT2D eigenvalue weighted by Gasteiger charge is -2.33. The summed E-state index contributed by atoms with van der Waals surface area (Å²) in [6.45, 7) is 40.7. The predicted molar refractivity (Wildman–Crippen MR) is 374 cm³/mol. The first-order valence-electron chi connectivity index (χ1n) is 30.4. The molecule has 690 valence electrons. The van der Waals surface area contributed by atoms with E-state index >= 15 is 0 Å². The second-order valence-electron chi connectivity index (χ2n) is 27.5. The van der Waals surface area contributed by atoms with Crippen molar-refractivity contribution in [3.8, 4) is 0 Å². The van der Waals surface area contributed by atoms with E-state index in [1.165, 1.54) is 17.5 Å². The molecule has 0 aliphatic carbocycles. The smallest absolute Gasteiger partial charge is 0.499 e. The number of phosphoric ester groups is 4. The molecule has 0 saturated heterocycles. The van der Waals surface area contributed by atoms with Crippen LogP contribution in [0.5, 0.6) is 0 Å². The lowest BCUT2D eigenvalue weighted by molar-refractivity contribution is -0.241. The highest BCUT2D eigenvalue weighted by atomic mass is 32.3. The van der Waals surface area contributed by atoms with Crippen LogP contribution in [0.15, 0.2) is 0 Å².